The summed E-state index contributed by atoms with van der Waals surface area (Å²) in [6.45, 7) is 0. The minimum Gasteiger partial charge on any atom is -0.481 e. The van der Waals surface area contributed by atoms with Gasteiger partial charge >= 0.3 is 11.9 Å². The Morgan fingerprint density at radius 3 is 1.20 bits per heavy atom. The first-order chi connectivity index (χ1) is 9.20. The van der Waals surface area contributed by atoms with Crippen LogP contribution in [0.2, 0.25) is 0 Å². The lowest BCUT2D eigenvalue weighted by molar-refractivity contribution is -0.140. The van der Waals surface area contributed by atoms with Crippen molar-refractivity contribution in [1.29, 1.82) is 0 Å². The summed E-state index contributed by atoms with van der Waals surface area (Å²) in [5, 5.41) is 17.5. The molecule has 0 aliphatic carbocycles. The number of hydrogen-bond donors (Lipinski definition) is 4. The van der Waals surface area contributed by atoms with E-state index in [1.165, 1.54) is 0 Å². The molecule has 2 unspecified atom stereocenters. The molecule has 8 heteroatoms. The minimum absolute atomic E-state index is 0.0807. The molecule has 6 N–H and O–H groups in total. The van der Waals surface area contributed by atoms with Gasteiger partial charge in [-0.2, -0.15) is 0 Å². The molecule has 0 aromatic heterocycles. The second kappa shape index (κ2) is 8.89. The van der Waals surface area contributed by atoms with Crippen molar-refractivity contribution in [3.05, 3.63) is 0 Å². The highest BCUT2D eigenvalue weighted by molar-refractivity contribution is 5.76. The Kier molecular flexibility index (Phi) is 7.95. The predicted octanol–water partition coefficient (Wildman–Crippen LogP) is -0.301. The summed E-state index contributed by atoms with van der Waals surface area (Å²) in [5.74, 6) is -4.26. The molecule has 2 amide bonds. The van der Waals surface area contributed by atoms with E-state index in [1.54, 1.807) is 0 Å². The first kappa shape index (κ1) is 17.9. The Labute approximate surface area is 116 Å². The topological polar surface area (TPSA) is 161 Å². The third-order valence-electron chi connectivity index (χ3n) is 2.89. The third-order valence-corrected chi connectivity index (χ3v) is 2.89. The van der Waals surface area contributed by atoms with Gasteiger partial charge in [0.2, 0.25) is 11.8 Å². The average molecular weight is 288 g/mol. The molecule has 20 heavy (non-hydrogen) atoms. The van der Waals surface area contributed by atoms with E-state index in [0.717, 1.165) is 0 Å². The first-order valence-corrected chi connectivity index (χ1v) is 6.20. The van der Waals surface area contributed by atoms with Crippen LogP contribution in [0.5, 0.6) is 0 Å². The maximum atomic E-state index is 10.9. The standard InChI is InChI=1S/C12H20N2O6/c13-9(15)3-7(5-11(17)18)1-2-8(4-10(14)16)6-12(19)20/h7-8H,1-6H2,(H2,13,15)(H2,14,16)(H,17,18)(H,19,20). The molecule has 0 rings (SSSR count). The summed E-state index contributed by atoms with van der Waals surface area (Å²) in [6.07, 6.45) is 0.00483. The number of amides is 2. The number of hydrogen-bond acceptors (Lipinski definition) is 4. The van der Waals surface area contributed by atoms with Gasteiger partial charge in [0.15, 0.2) is 0 Å². The highest BCUT2D eigenvalue weighted by Gasteiger charge is 2.21. The van der Waals surface area contributed by atoms with Crippen molar-refractivity contribution in [2.45, 2.75) is 38.5 Å². The highest BCUT2D eigenvalue weighted by atomic mass is 16.4. The molecule has 0 saturated carbocycles. The maximum Gasteiger partial charge on any atom is 0.303 e. The van der Waals surface area contributed by atoms with Crippen molar-refractivity contribution in [1.82, 2.24) is 0 Å². The lowest BCUT2D eigenvalue weighted by Crippen LogP contribution is -2.22. The number of carboxylic acids is 2. The Balaban J connectivity index is 4.49. The normalized spacial score (nSPS) is 13.4. The van der Waals surface area contributed by atoms with E-state index in [0.29, 0.717) is 12.8 Å². The SMILES string of the molecule is NC(=O)CC(CCC(CC(N)=O)CC(=O)O)CC(=O)O. The monoisotopic (exact) mass is 288 g/mol. The number of primary amides is 2. The number of carbonyl (C=O) groups is 4. The average Bonchev–Trinajstić information content (AvgIpc) is 2.22. The van der Waals surface area contributed by atoms with E-state index >= 15 is 0 Å². The molecule has 8 nitrogen and oxygen atoms in total. The first-order valence-electron chi connectivity index (χ1n) is 6.20. The molecule has 0 saturated heterocycles. The molecule has 0 heterocycles. The van der Waals surface area contributed by atoms with Gasteiger partial charge in [-0.25, -0.2) is 0 Å². The fourth-order valence-corrected chi connectivity index (χ4v) is 2.09. The summed E-state index contributed by atoms with van der Waals surface area (Å²) in [4.78, 5) is 43.0. The fourth-order valence-electron chi connectivity index (χ4n) is 2.09. The van der Waals surface area contributed by atoms with Crippen LogP contribution in [0.4, 0.5) is 0 Å². The second-order valence-electron chi connectivity index (χ2n) is 4.85. The molecule has 2 atom stereocenters. The molecule has 0 aliphatic rings. The fraction of sp³-hybridized carbons (Fsp3) is 0.667. The van der Waals surface area contributed by atoms with E-state index in [9.17, 15) is 19.2 Å². The Morgan fingerprint density at radius 1 is 0.700 bits per heavy atom. The quantitative estimate of drug-likeness (QED) is 0.408. The molecular weight excluding hydrogens is 268 g/mol. The molecular formula is C12H20N2O6. The molecule has 0 bridgehead atoms. The van der Waals surface area contributed by atoms with Crippen molar-refractivity contribution in [2.75, 3.05) is 0 Å². The zero-order chi connectivity index (χ0) is 15.7. The maximum absolute atomic E-state index is 10.9. The lowest BCUT2D eigenvalue weighted by atomic mass is 9.88. The molecule has 0 spiro atoms. The van der Waals surface area contributed by atoms with Crippen LogP contribution in [0.25, 0.3) is 0 Å². The van der Waals surface area contributed by atoms with E-state index in [-0.39, 0.29) is 25.7 Å². The zero-order valence-electron chi connectivity index (χ0n) is 11.1. The van der Waals surface area contributed by atoms with Crippen LogP contribution in [0, 0.1) is 11.8 Å². The highest BCUT2D eigenvalue weighted by Crippen LogP contribution is 2.23. The van der Waals surface area contributed by atoms with Gasteiger partial charge in [-0.3, -0.25) is 19.2 Å². The molecule has 114 valence electrons. The van der Waals surface area contributed by atoms with Crippen molar-refractivity contribution in [3.63, 3.8) is 0 Å². The number of carboxylic acid groups (broad SMARTS) is 2. The molecule has 0 fully saturated rings. The van der Waals surface area contributed by atoms with E-state index in [2.05, 4.69) is 0 Å². The third kappa shape index (κ3) is 9.86. The Bertz CT molecular complexity index is 314. The second-order valence-corrected chi connectivity index (χ2v) is 4.85. The van der Waals surface area contributed by atoms with Crippen LogP contribution in [0.15, 0.2) is 0 Å². The molecule has 0 aliphatic heterocycles. The molecule has 0 aromatic carbocycles. The number of nitrogens with two attached hydrogens (primary N) is 2. The summed E-state index contributed by atoms with van der Waals surface area (Å²) in [5.41, 5.74) is 10.1. The summed E-state index contributed by atoms with van der Waals surface area (Å²) >= 11 is 0. The van der Waals surface area contributed by atoms with Gasteiger partial charge in [0.25, 0.3) is 0 Å². The number of aliphatic carboxylic acids is 2. The largest absolute Gasteiger partial charge is 0.481 e. The van der Waals surface area contributed by atoms with Crippen LogP contribution >= 0.6 is 0 Å². The van der Waals surface area contributed by atoms with Crippen LogP contribution in [0.3, 0.4) is 0 Å². The van der Waals surface area contributed by atoms with Crippen molar-refractivity contribution >= 4 is 23.8 Å². The van der Waals surface area contributed by atoms with E-state index in [1.807, 2.05) is 0 Å². The van der Waals surface area contributed by atoms with Gasteiger partial charge < -0.3 is 21.7 Å². The molecule has 0 aromatic rings. The van der Waals surface area contributed by atoms with Crippen LogP contribution in [-0.2, 0) is 19.2 Å². The summed E-state index contributed by atoms with van der Waals surface area (Å²) in [6, 6.07) is 0. The van der Waals surface area contributed by atoms with Crippen LogP contribution in [-0.4, -0.2) is 34.0 Å². The van der Waals surface area contributed by atoms with Gasteiger partial charge in [-0.15, -0.1) is 0 Å². The van der Waals surface area contributed by atoms with Gasteiger partial charge in [0.05, 0.1) is 0 Å². The van der Waals surface area contributed by atoms with Crippen molar-refractivity contribution in [2.24, 2.45) is 23.3 Å². The van der Waals surface area contributed by atoms with Crippen molar-refractivity contribution < 1.29 is 29.4 Å². The van der Waals surface area contributed by atoms with Crippen LogP contribution < -0.4 is 11.5 Å². The van der Waals surface area contributed by atoms with Gasteiger partial charge in [-0.1, -0.05) is 0 Å². The van der Waals surface area contributed by atoms with E-state index < -0.39 is 35.6 Å². The summed E-state index contributed by atoms with van der Waals surface area (Å²) in [7, 11) is 0. The molecule has 0 radical (unpaired) electrons. The van der Waals surface area contributed by atoms with Gasteiger partial charge in [0.1, 0.15) is 0 Å². The smallest absolute Gasteiger partial charge is 0.303 e. The summed E-state index contributed by atoms with van der Waals surface area (Å²) < 4.78 is 0. The minimum atomic E-state index is -1.05. The lowest BCUT2D eigenvalue weighted by Gasteiger charge is -2.17. The zero-order valence-corrected chi connectivity index (χ0v) is 11.1. The number of carbonyl (C=O) groups excluding carboxylic acids is 2. The van der Waals surface area contributed by atoms with Gasteiger partial charge in [0, 0.05) is 25.7 Å². The van der Waals surface area contributed by atoms with Crippen molar-refractivity contribution in [3.8, 4) is 0 Å². The number of rotatable bonds is 11. The van der Waals surface area contributed by atoms with Crippen LogP contribution in [0.1, 0.15) is 38.5 Å². The van der Waals surface area contributed by atoms with E-state index in [4.69, 9.17) is 21.7 Å². The predicted molar refractivity (Wildman–Crippen MR) is 68.3 cm³/mol. The van der Waals surface area contributed by atoms with Gasteiger partial charge in [-0.05, 0) is 24.7 Å². The Hall–Kier alpha value is -2.12. The Morgan fingerprint density at radius 2 is 1.00 bits per heavy atom.